The predicted molar refractivity (Wildman–Crippen MR) is 69.4 cm³/mol. The molecule has 0 radical (unpaired) electrons. The van der Waals surface area contributed by atoms with E-state index in [9.17, 15) is 4.79 Å². The number of methoxy groups -OCH3 is 2. The van der Waals surface area contributed by atoms with Crippen LogP contribution >= 0.6 is 22.6 Å². The van der Waals surface area contributed by atoms with Crippen LogP contribution in [0.1, 0.15) is 5.56 Å². The second-order valence-electron chi connectivity index (χ2n) is 3.30. The summed E-state index contributed by atoms with van der Waals surface area (Å²) in [4.78, 5) is 11.2. The van der Waals surface area contributed by atoms with E-state index >= 15 is 0 Å². The van der Waals surface area contributed by atoms with Crippen molar-refractivity contribution in [3.63, 3.8) is 0 Å². The average Bonchev–Trinajstić information content (AvgIpc) is 2.28. The summed E-state index contributed by atoms with van der Waals surface area (Å²) in [7, 11) is 2.96. The minimum absolute atomic E-state index is 0.397. The van der Waals surface area contributed by atoms with Crippen molar-refractivity contribution in [3.05, 3.63) is 27.3 Å². The second kappa shape index (κ2) is 6.05. The minimum Gasteiger partial charge on any atom is -0.496 e. The zero-order valence-corrected chi connectivity index (χ0v) is 11.4. The van der Waals surface area contributed by atoms with E-state index in [0.717, 1.165) is 14.9 Å². The Morgan fingerprint density at radius 2 is 2.19 bits per heavy atom. The monoisotopic (exact) mass is 335 g/mol. The molecule has 16 heavy (non-hydrogen) atoms. The molecule has 1 aromatic rings. The van der Waals surface area contributed by atoms with Gasteiger partial charge in [-0.25, -0.2) is 0 Å². The zero-order chi connectivity index (χ0) is 12.1. The van der Waals surface area contributed by atoms with E-state index in [4.69, 9.17) is 10.5 Å². The van der Waals surface area contributed by atoms with Crippen LogP contribution in [0.2, 0.25) is 0 Å². The molecular weight excluding hydrogens is 321 g/mol. The molecule has 88 valence electrons. The van der Waals surface area contributed by atoms with Gasteiger partial charge in [-0.1, -0.05) is 6.07 Å². The van der Waals surface area contributed by atoms with Gasteiger partial charge in [0.15, 0.2) is 0 Å². The lowest BCUT2D eigenvalue weighted by Crippen LogP contribution is -2.33. The number of halogens is 1. The molecule has 0 aliphatic heterocycles. The van der Waals surface area contributed by atoms with E-state index in [1.54, 1.807) is 7.11 Å². The molecule has 1 rings (SSSR count). The van der Waals surface area contributed by atoms with Crippen molar-refractivity contribution in [1.29, 1.82) is 0 Å². The van der Waals surface area contributed by atoms with Gasteiger partial charge >= 0.3 is 5.97 Å². The summed E-state index contributed by atoms with van der Waals surface area (Å²) in [6, 6.07) is 5.08. The van der Waals surface area contributed by atoms with Crippen LogP contribution in [-0.4, -0.2) is 26.2 Å². The Bertz CT molecular complexity index is 381. The minimum atomic E-state index is -0.616. The summed E-state index contributed by atoms with van der Waals surface area (Å²) in [6.07, 6.45) is 0.465. The molecule has 5 heteroatoms. The molecule has 0 saturated heterocycles. The first-order chi connectivity index (χ1) is 7.58. The van der Waals surface area contributed by atoms with Crippen molar-refractivity contribution in [2.24, 2.45) is 5.73 Å². The topological polar surface area (TPSA) is 61.5 Å². The van der Waals surface area contributed by atoms with E-state index in [1.165, 1.54) is 7.11 Å². The Kier molecular flexibility index (Phi) is 5.01. The molecule has 0 aliphatic carbocycles. The molecule has 0 amide bonds. The Labute approximate surface area is 108 Å². The Balaban J connectivity index is 2.75. The maximum atomic E-state index is 11.2. The summed E-state index contributed by atoms with van der Waals surface area (Å²) in [6.45, 7) is 0. The lowest BCUT2D eigenvalue weighted by atomic mass is 10.1. The standard InChI is InChI=1S/C11H14INO3/c1-15-10-4-3-7(5-8(10)12)6-9(13)11(14)16-2/h3-5,9H,6,13H2,1-2H3/t9-/m0/s1. The summed E-state index contributed by atoms with van der Waals surface area (Å²) in [5.74, 6) is 0.418. The SMILES string of the molecule is COC(=O)[C@@H](N)Cc1ccc(OC)c(I)c1. The van der Waals surface area contributed by atoms with Gasteiger partial charge in [0.1, 0.15) is 11.8 Å². The molecule has 0 unspecified atom stereocenters. The number of ether oxygens (including phenoxy) is 2. The fraction of sp³-hybridized carbons (Fsp3) is 0.364. The molecule has 0 bridgehead atoms. The number of hydrogen-bond donors (Lipinski definition) is 1. The highest BCUT2D eigenvalue weighted by molar-refractivity contribution is 14.1. The normalized spacial score (nSPS) is 12.0. The molecular formula is C11H14INO3. The van der Waals surface area contributed by atoms with Crippen molar-refractivity contribution in [1.82, 2.24) is 0 Å². The number of benzene rings is 1. The van der Waals surface area contributed by atoms with Gasteiger partial charge in [-0.15, -0.1) is 0 Å². The highest BCUT2D eigenvalue weighted by Gasteiger charge is 2.14. The van der Waals surface area contributed by atoms with Crippen LogP contribution in [0.4, 0.5) is 0 Å². The van der Waals surface area contributed by atoms with E-state index < -0.39 is 12.0 Å². The maximum absolute atomic E-state index is 11.2. The fourth-order valence-electron chi connectivity index (χ4n) is 1.33. The van der Waals surface area contributed by atoms with Gasteiger partial charge < -0.3 is 15.2 Å². The lowest BCUT2D eigenvalue weighted by Gasteiger charge is -2.10. The number of esters is 1. The van der Waals surface area contributed by atoms with Crippen LogP contribution in [0.5, 0.6) is 5.75 Å². The summed E-state index contributed by atoms with van der Waals surface area (Å²) in [5, 5.41) is 0. The predicted octanol–water partition coefficient (Wildman–Crippen LogP) is 1.34. The second-order valence-corrected chi connectivity index (χ2v) is 4.46. The highest BCUT2D eigenvalue weighted by atomic mass is 127. The summed E-state index contributed by atoms with van der Waals surface area (Å²) >= 11 is 2.18. The molecule has 4 nitrogen and oxygen atoms in total. The van der Waals surface area contributed by atoms with Crippen LogP contribution in [0.15, 0.2) is 18.2 Å². The van der Waals surface area contributed by atoms with Crippen LogP contribution in [-0.2, 0) is 16.0 Å². The van der Waals surface area contributed by atoms with E-state index in [2.05, 4.69) is 27.3 Å². The Morgan fingerprint density at radius 1 is 1.50 bits per heavy atom. The van der Waals surface area contributed by atoms with E-state index in [1.807, 2.05) is 18.2 Å². The molecule has 0 spiro atoms. The maximum Gasteiger partial charge on any atom is 0.322 e. The van der Waals surface area contributed by atoms with Crippen LogP contribution in [0.3, 0.4) is 0 Å². The first kappa shape index (κ1) is 13.2. The van der Waals surface area contributed by atoms with Gasteiger partial charge in [-0.2, -0.15) is 0 Å². The van der Waals surface area contributed by atoms with Gasteiger partial charge in [0.25, 0.3) is 0 Å². The molecule has 0 saturated carbocycles. The van der Waals surface area contributed by atoms with Crippen LogP contribution in [0.25, 0.3) is 0 Å². The molecule has 0 aliphatic rings. The van der Waals surface area contributed by atoms with E-state index in [0.29, 0.717) is 6.42 Å². The van der Waals surface area contributed by atoms with Gasteiger partial charge in [0, 0.05) is 0 Å². The largest absolute Gasteiger partial charge is 0.496 e. The third-order valence-corrected chi connectivity index (χ3v) is 3.02. The summed E-state index contributed by atoms with van der Waals surface area (Å²) < 4.78 is 10.7. The quantitative estimate of drug-likeness (QED) is 0.666. The number of carbonyl (C=O) groups is 1. The Hall–Kier alpha value is -0.820. The molecule has 2 N–H and O–H groups in total. The number of carbonyl (C=O) groups excluding carboxylic acids is 1. The number of rotatable bonds is 4. The van der Waals surface area contributed by atoms with Crippen molar-refractivity contribution in [2.45, 2.75) is 12.5 Å². The van der Waals surface area contributed by atoms with Crippen LogP contribution < -0.4 is 10.5 Å². The molecule has 1 atom stereocenters. The molecule has 0 heterocycles. The smallest absolute Gasteiger partial charge is 0.322 e. The first-order valence-electron chi connectivity index (χ1n) is 4.74. The Morgan fingerprint density at radius 3 is 2.69 bits per heavy atom. The van der Waals surface area contributed by atoms with Crippen molar-refractivity contribution in [2.75, 3.05) is 14.2 Å². The molecule has 0 fully saturated rings. The van der Waals surface area contributed by atoms with E-state index in [-0.39, 0.29) is 0 Å². The number of nitrogens with two attached hydrogens (primary N) is 1. The number of hydrogen-bond acceptors (Lipinski definition) is 4. The summed E-state index contributed by atoms with van der Waals surface area (Å²) in [5.41, 5.74) is 6.66. The van der Waals surface area contributed by atoms with Crippen molar-refractivity contribution >= 4 is 28.6 Å². The molecule has 1 aromatic carbocycles. The van der Waals surface area contributed by atoms with Gasteiger partial charge in [-0.3, -0.25) is 4.79 Å². The lowest BCUT2D eigenvalue weighted by molar-refractivity contribution is -0.142. The van der Waals surface area contributed by atoms with Crippen LogP contribution in [0, 0.1) is 3.57 Å². The fourth-order valence-corrected chi connectivity index (χ4v) is 2.13. The zero-order valence-electron chi connectivity index (χ0n) is 9.20. The molecule has 0 aromatic heterocycles. The third kappa shape index (κ3) is 3.34. The average molecular weight is 335 g/mol. The highest BCUT2D eigenvalue weighted by Crippen LogP contribution is 2.22. The first-order valence-corrected chi connectivity index (χ1v) is 5.82. The van der Waals surface area contributed by atoms with Crippen molar-refractivity contribution in [3.8, 4) is 5.75 Å². The van der Waals surface area contributed by atoms with Gasteiger partial charge in [-0.05, 0) is 46.7 Å². The third-order valence-electron chi connectivity index (χ3n) is 2.18. The van der Waals surface area contributed by atoms with Crippen molar-refractivity contribution < 1.29 is 14.3 Å². The van der Waals surface area contributed by atoms with Gasteiger partial charge in [0.2, 0.25) is 0 Å². The van der Waals surface area contributed by atoms with Gasteiger partial charge in [0.05, 0.1) is 17.8 Å².